The van der Waals surface area contributed by atoms with Gasteiger partial charge in [0.15, 0.2) is 0 Å². The summed E-state index contributed by atoms with van der Waals surface area (Å²) in [6, 6.07) is 115. The molecular formula is C74H51N. The summed E-state index contributed by atoms with van der Waals surface area (Å²) in [6.07, 6.45) is 0. The van der Waals surface area contributed by atoms with E-state index in [1.807, 2.05) is 0 Å². The smallest absolute Gasteiger partial charge is 0.0714 e. The molecule has 14 rings (SSSR count). The minimum absolute atomic E-state index is 0.553. The Morgan fingerprint density at radius 2 is 0.480 bits per heavy atom. The molecule has 1 heteroatoms. The van der Waals surface area contributed by atoms with Crippen LogP contribution in [-0.2, 0) is 10.8 Å². The van der Waals surface area contributed by atoms with Gasteiger partial charge in [-0.3, -0.25) is 0 Å². The Morgan fingerprint density at radius 3 is 0.893 bits per heavy atom. The standard InChI is InChI=1S/C74H51N/c1-6-21-52(22-7-1)53-37-39-54(40-38-53)56-23-20-24-57(49-56)55-41-43-62(44-42-55)75(63-45-47-67-65-33-16-18-35-69(65)73(71(67)50-63,58-25-8-2-9-26-58)59-27-10-3-11-28-59)64-46-48-68-66-34-17-19-36-70(66)74(72(68)51-64,60-29-12-4-13-30-60)61-31-14-5-15-32-61/h1-51H. The van der Waals surface area contributed by atoms with Gasteiger partial charge >= 0.3 is 0 Å². The van der Waals surface area contributed by atoms with Crippen molar-refractivity contribution < 1.29 is 0 Å². The summed E-state index contributed by atoms with van der Waals surface area (Å²) in [5.74, 6) is 0. The summed E-state index contributed by atoms with van der Waals surface area (Å²) in [6.45, 7) is 0. The van der Waals surface area contributed by atoms with E-state index in [4.69, 9.17) is 0 Å². The lowest BCUT2D eigenvalue weighted by atomic mass is 9.67. The number of hydrogen-bond acceptors (Lipinski definition) is 1. The molecule has 0 amide bonds. The molecule has 0 fully saturated rings. The van der Waals surface area contributed by atoms with Crippen molar-refractivity contribution >= 4 is 17.1 Å². The van der Waals surface area contributed by atoms with Gasteiger partial charge < -0.3 is 4.90 Å². The topological polar surface area (TPSA) is 3.24 Å². The summed E-state index contributed by atoms with van der Waals surface area (Å²) in [5, 5.41) is 0. The minimum atomic E-state index is -0.553. The maximum absolute atomic E-state index is 2.49. The van der Waals surface area contributed by atoms with Gasteiger partial charge in [0.2, 0.25) is 0 Å². The van der Waals surface area contributed by atoms with Crippen molar-refractivity contribution in [3.8, 4) is 55.6 Å². The highest BCUT2D eigenvalue weighted by Gasteiger charge is 2.48. The van der Waals surface area contributed by atoms with Crippen LogP contribution in [0.4, 0.5) is 17.1 Å². The van der Waals surface area contributed by atoms with Crippen molar-refractivity contribution in [2.75, 3.05) is 4.90 Å². The normalized spacial score (nSPS) is 13.3. The zero-order valence-corrected chi connectivity index (χ0v) is 41.4. The second-order valence-corrected chi connectivity index (χ2v) is 19.9. The highest BCUT2D eigenvalue weighted by Crippen LogP contribution is 2.59. The number of fused-ring (bicyclic) bond motifs is 6. The largest absolute Gasteiger partial charge is 0.310 e. The van der Waals surface area contributed by atoms with Gasteiger partial charge in [0.05, 0.1) is 10.8 Å². The number of nitrogens with zero attached hydrogens (tertiary/aromatic N) is 1. The fourth-order valence-electron chi connectivity index (χ4n) is 12.8. The first-order valence-corrected chi connectivity index (χ1v) is 26.1. The van der Waals surface area contributed by atoms with Crippen molar-refractivity contribution in [2.24, 2.45) is 0 Å². The Hall–Kier alpha value is -9.56. The van der Waals surface area contributed by atoms with E-state index < -0.39 is 10.8 Å². The predicted molar refractivity (Wildman–Crippen MR) is 312 cm³/mol. The predicted octanol–water partition coefficient (Wildman–Crippen LogP) is 18.9. The van der Waals surface area contributed by atoms with Gasteiger partial charge in [-0.05, 0) is 143 Å². The molecule has 2 aliphatic rings. The van der Waals surface area contributed by atoms with Gasteiger partial charge in [0.1, 0.15) is 0 Å². The van der Waals surface area contributed by atoms with Crippen molar-refractivity contribution in [3.63, 3.8) is 0 Å². The number of anilines is 3. The molecule has 0 spiro atoms. The van der Waals surface area contributed by atoms with Crippen LogP contribution in [0.5, 0.6) is 0 Å². The van der Waals surface area contributed by atoms with E-state index in [0.717, 1.165) is 22.6 Å². The number of benzene rings is 12. The molecule has 0 saturated carbocycles. The Kier molecular flexibility index (Phi) is 10.7. The minimum Gasteiger partial charge on any atom is -0.310 e. The average Bonchev–Trinajstić information content (AvgIpc) is 3.97. The second-order valence-electron chi connectivity index (χ2n) is 19.9. The summed E-state index contributed by atoms with van der Waals surface area (Å²) in [5.41, 5.74) is 24.5. The zero-order valence-electron chi connectivity index (χ0n) is 41.4. The lowest BCUT2D eigenvalue weighted by Gasteiger charge is -2.36. The van der Waals surface area contributed by atoms with Crippen LogP contribution in [0.2, 0.25) is 0 Å². The fourth-order valence-corrected chi connectivity index (χ4v) is 12.8. The molecule has 0 heterocycles. The first-order chi connectivity index (χ1) is 37.2. The Labute approximate surface area is 440 Å². The van der Waals surface area contributed by atoms with Gasteiger partial charge in [-0.2, -0.15) is 0 Å². The molecule has 0 N–H and O–H groups in total. The van der Waals surface area contributed by atoms with E-state index in [1.54, 1.807) is 0 Å². The maximum Gasteiger partial charge on any atom is 0.0714 e. The molecule has 352 valence electrons. The molecule has 2 aliphatic carbocycles. The van der Waals surface area contributed by atoms with Crippen molar-refractivity contribution in [2.45, 2.75) is 10.8 Å². The van der Waals surface area contributed by atoms with Crippen LogP contribution in [0.15, 0.2) is 309 Å². The summed E-state index contributed by atoms with van der Waals surface area (Å²) >= 11 is 0. The molecule has 1 nitrogen and oxygen atoms in total. The van der Waals surface area contributed by atoms with Crippen LogP contribution in [-0.4, -0.2) is 0 Å². The molecule has 0 bridgehead atoms. The third kappa shape index (κ3) is 7.08. The molecule has 0 aliphatic heterocycles. The van der Waals surface area contributed by atoms with E-state index in [9.17, 15) is 0 Å². The Balaban J connectivity index is 0.961. The molecule has 12 aromatic rings. The maximum atomic E-state index is 2.49. The zero-order chi connectivity index (χ0) is 49.8. The molecular weight excluding hydrogens is 903 g/mol. The van der Waals surface area contributed by atoms with Crippen LogP contribution in [0, 0.1) is 0 Å². The van der Waals surface area contributed by atoms with E-state index in [1.165, 1.54) is 94.6 Å². The number of hydrogen-bond donors (Lipinski definition) is 0. The Morgan fingerprint density at radius 1 is 0.187 bits per heavy atom. The molecule has 0 saturated heterocycles. The number of rotatable bonds is 10. The second kappa shape index (κ2) is 18.2. The van der Waals surface area contributed by atoms with Crippen molar-refractivity contribution in [3.05, 3.63) is 354 Å². The Bertz CT molecular complexity index is 3750. The van der Waals surface area contributed by atoms with Crippen LogP contribution in [0.25, 0.3) is 55.6 Å². The highest BCUT2D eigenvalue weighted by molar-refractivity contribution is 5.92. The molecule has 0 unspecified atom stereocenters. The molecule has 0 aromatic heterocycles. The first kappa shape index (κ1) is 44.2. The van der Waals surface area contributed by atoms with Gasteiger partial charge in [0, 0.05) is 17.1 Å². The fraction of sp³-hybridized carbons (Fsp3) is 0.0270. The molecule has 0 atom stereocenters. The van der Waals surface area contributed by atoms with Gasteiger partial charge in [-0.15, -0.1) is 0 Å². The van der Waals surface area contributed by atoms with Gasteiger partial charge in [-0.25, -0.2) is 0 Å². The van der Waals surface area contributed by atoms with Crippen LogP contribution in [0.1, 0.15) is 44.5 Å². The van der Waals surface area contributed by atoms with E-state index >= 15 is 0 Å². The molecule has 75 heavy (non-hydrogen) atoms. The van der Waals surface area contributed by atoms with Crippen molar-refractivity contribution in [1.82, 2.24) is 0 Å². The van der Waals surface area contributed by atoms with E-state index in [-0.39, 0.29) is 0 Å². The first-order valence-electron chi connectivity index (χ1n) is 26.1. The SMILES string of the molecule is c1ccc(-c2ccc(-c3cccc(-c4ccc(N(c5ccc6c(c5)C(c5ccccc5)(c5ccccc5)c5ccccc5-6)c5ccc6c(c5)C(c5ccccc5)(c5ccccc5)c5ccccc5-6)cc4)c3)cc2)cc1. The van der Waals surface area contributed by atoms with Crippen LogP contribution >= 0.6 is 0 Å². The lowest BCUT2D eigenvalue weighted by molar-refractivity contribution is 0.767. The highest BCUT2D eigenvalue weighted by atomic mass is 15.1. The third-order valence-corrected chi connectivity index (χ3v) is 16.0. The monoisotopic (exact) mass is 953 g/mol. The van der Waals surface area contributed by atoms with Crippen molar-refractivity contribution in [1.29, 1.82) is 0 Å². The molecule has 0 radical (unpaired) electrons. The third-order valence-electron chi connectivity index (χ3n) is 16.0. The average molecular weight is 954 g/mol. The summed E-state index contributed by atoms with van der Waals surface area (Å²) in [4.78, 5) is 2.49. The summed E-state index contributed by atoms with van der Waals surface area (Å²) < 4.78 is 0. The quantitative estimate of drug-likeness (QED) is 0.132. The van der Waals surface area contributed by atoms with Gasteiger partial charge in [-0.1, -0.05) is 267 Å². The van der Waals surface area contributed by atoms with Crippen LogP contribution in [0.3, 0.4) is 0 Å². The van der Waals surface area contributed by atoms with Crippen LogP contribution < -0.4 is 4.90 Å². The van der Waals surface area contributed by atoms with E-state index in [0.29, 0.717) is 0 Å². The lowest BCUT2D eigenvalue weighted by Crippen LogP contribution is -2.29. The molecule has 12 aromatic carbocycles. The van der Waals surface area contributed by atoms with Gasteiger partial charge in [0.25, 0.3) is 0 Å². The summed E-state index contributed by atoms with van der Waals surface area (Å²) in [7, 11) is 0. The van der Waals surface area contributed by atoms with E-state index in [2.05, 4.69) is 314 Å².